The van der Waals surface area contributed by atoms with E-state index in [4.69, 9.17) is 24.2 Å². The molecule has 2 aromatic heterocycles. The molecule has 198 valence electrons. The van der Waals surface area contributed by atoms with Crippen molar-refractivity contribution in [2.45, 2.75) is 50.3 Å². The fraction of sp³-hybridized carbons (Fsp3) is 0.367. The number of hydrogen-bond acceptors (Lipinski definition) is 7. The summed E-state index contributed by atoms with van der Waals surface area (Å²) in [5.41, 5.74) is 4.48. The lowest BCUT2D eigenvalue weighted by Crippen LogP contribution is -2.12. The standard InChI is InChI=1S/C30H33N3O4S/c1-19-10-12-22(13-11-19)38-33-18-23(25(34)14-20-8-6-5-7-9-20)28-30(33)31-17-24(32-28)21-15-26(35-2)29(37-4)27(16-21)36-3/h10-13,15-18,20H,5-9,14H2,1-4H3. The van der Waals surface area contributed by atoms with Gasteiger partial charge in [-0.2, -0.15) is 0 Å². The Morgan fingerprint density at radius 1 is 1.00 bits per heavy atom. The number of carbonyl (C=O) groups excluding carboxylic acids is 1. The van der Waals surface area contributed by atoms with Crippen LogP contribution in [-0.2, 0) is 0 Å². The van der Waals surface area contributed by atoms with E-state index in [1.54, 1.807) is 27.5 Å². The van der Waals surface area contributed by atoms with Crippen LogP contribution in [0.15, 0.2) is 53.7 Å². The second-order valence-corrected chi connectivity index (χ2v) is 10.8. The maximum absolute atomic E-state index is 13.6. The van der Waals surface area contributed by atoms with Gasteiger partial charge in [-0.25, -0.2) is 9.97 Å². The first-order valence-corrected chi connectivity index (χ1v) is 13.7. The van der Waals surface area contributed by atoms with Gasteiger partial charge in [0.2, 0.25) is 5.75 Å². The Labute approximate surface area is 227 Å². The summed E-state index contributed by atoms with van der Waals surface area (Å²) in [6.45, 7) is 2.07. The predicted octanol–water partition coefficient (Wildman–Crippen LogP) is 7.14. The summed E-state index contributed by atoms with van der Waals surface area (Å²) in [6, 6.07) is 12.0. The number of ketones is 1. The third-order valence-corrected chi connectivity index (χ3v) is 8.11. The molecular formula is C30H33N3O4S. The van der Waals surface area contributed by atoms with Crippen LogP contribution in [0.5, 0.6) is 17.2 Å². The lowest BCUT2D eigenvalue weighted by atomic mass is 9.85. The largest absolute Gasteiger partial charge is 0.493 e. The number of fused-ring (bicyclic) bond motifs is 1. The lowest BCUT2D eigenvalue weighted by Gasteiger charge is -2.20. The summed E-state index contributed by atoms with van der Waals surface area (Å²) < 4.78 is 18.5. The third kappa shape index (κ3) is 5.36. The van der Waals surface area contributed by atoms with Crippen molar-refractivity contribution in [1.29, 1.82) is 0 Å². The van der Waals surface area contributed by atoms with Gasteiger partial charge >= 0.3 is 0 Å². The molecule has 0 spiro atoms. The average Bonchev–Trinajstić information content (AvgIpc) is 3.31. The first-order chi connectivity index (χ1) is 18.5. The summed E-state index contributed by atoms with van der Waals surface area (Å²) in [5.74, 6) is 2.14. The molecule has 0 bridgehead atoms. The molecule has 0 amide bonds. The van der Waals surface area contributed by atoms with Gasteiger partial charge in [-0.05, 0) is 49.1 Å². The third-order valence-electron chi connectivity index (χ3n) is 7.15. The molecule has 0 radical (unpaired) electrons. The van der Waals surface area contributed by atoms with E-state index in [9.17, 15) is 4.79 Å². The number of aryl methyl sites for hydroxylation is 1. The minimum Gasteiger partial charge on any atom is -0.493 e. The van der Waals surface area contributed by atoms with Crippen LogP contribution in [0.4, 0.5) is 0 Å². The Hall–Kier alpha value is -3.52. The van der Waals surface area contributed by atoms with Crippen LogP contribution in [0.3, 0.4) is 0 Å². The van der Waals surface area contributed by atoms with Crippen molar-refractivity contribution in [3.63, 3.8) is 0 Å². The van der Waals surface area contributed by atoms with Gasteiger partial charge in [0.25, 0.3) is 0 Å². The van der Waals surface area contributed by atoms with Crippen molar-refractivity contribution < 1.29 is 19.0 Å². The molecule has 1 aliphatic carbocycles. The van der Waals surface area contributed by atoms with Crippen molar-refractivity contribution in [3.05, 3.63) is 59.9 Å². The minimum absolute atomic E-state index is 0.126. The molecular weight excluding hydrogens is 498 g/mol. The monoisotopic (exact) mass is 531 g/mol. The van der Waals surface area contributed by atoms with Crippen LogP contribution >= 0.6 is 11.9 Å². The average molecular weight is 532 g/mol. The molecule has 0 atom stereocenters. The normalized spacial score (nSPS) is 14.0. The minimum atomic E-state index is 0.126. The number of methoxy groups -OCH3 is 3. The first kappa shape index (κ1) is 26.1. The van der Waals surface area contributed by atoms with Gasteiger partial charge < -0.3 is 14.2 Å². The van der Waals surface area contributed by atoms with Crippen LogP contribution in [0, 0.1) is 12.8 Å². The Balaban J connectivity index is 1.58. The molecule has 38 heavy (non-hydrogen) atoms. The molecule has 0 aliphatic heterocycles. The lowest BCUT2D eigenvalue weighted by molar-refractivity contribution is 0.0951. The SMILES string of the molecule is COc1cc(-c2cnc3c(n2)c(C(=O)CC2CCCCC2)cn3Sc2ccc(C)cc2)cc(OC)c1OC. The van der Waals surface area contributed by atoms with Gasteiger partial charge in [0.1, 0.15) is 5.52 Å². The molecule has 7 nitrogen and oxygen atoms in total. The van der Waals surface area contributed by atoms with Crippen molar-refractivity contribution in [3.8, 4) is 28.5 Å². The second-order valence-electron chi connectivity index (χ2n) is 9.75. The molecule has 8 heteroatoms. The van der Waals surface area contributed by atoms with E-state index in [0.29, 0.717) is 52.0 Å². The molecule has 2 aromatic carbocycles. The number of Topliss-reactive ketones (excluding diaryl/α,β-unsaturated/α-hetero) is 1. The number of carbonyl (C=O) groups is 1. The first-order valence-electron chi connectivity index (χ1n) is 13.0. The quantitative estimate of drug-likeness (QED) is 0.212. The van der Waals surface area contributed by atoms with Gasteiger partial charge in [-0.15, -0.1) is 0 Å². The molecule has 0 unspecified atom stereocenters. The topological polar surface area (TPSA) is 75.5 Å². The molecule has 4 aromatic rings. The summed E-state index contributed by atoms with van der Waals surface area (Å²) >= 11 is 1.53. The fourth-order valence-electron chi connectivity index (χ4n) is 5.08. The van der Waals surface area contributed by atoms with Crippen molar-refractivity contribution in [2.75, 3.05) is 21.3 Å². The fourth-order valence-corrected chi connectivity index (χ4v) is 5.95. The maximum atomic E-state index is 13.6. The summed E-state index contributed by atoms with van der Waals surface area (Å²) in [6.07, 6.45) is 10.1. The number of rotatable bonds is 9. The number of nitrogens with zero attached hydrogens (tertiary/aromatic N) is 3. The van der Waals surface area contributed by atoms with E-state index in [1.165, 1.54) is 36.8 Å². The summed E-state index contributed by atoms with van der Waals surface area (Å²) in [5, 5.41) is 0. The molecule has 1 fully saturated rings. The van der Waals surface area contributed by atoms with Crippen molar-refractivity contribution in [1.82, 2.24) is 13.9 Å². The zero-order chi connectivity index (χ0) is 26.6. The van der Waals surface area contributed by atoms with E-state index in [-0.39, 0.29) is 5.78 Å². The molecule has 1 aliphatic rings. The highest BCUT2D eigenvalue weighted by molar-refractivity contribution is 7.98. The molecule has 0 saturated heterocycles. The van der Waals surface area contributed by atoms with Crippen LogP contribution in [0.25, 0.3) is 22.4 Å². The number of aromatic nitrogens is 3. The highest BCUT2D eigenvalue weighted by atomic mass is 32.2. The summed E-state index contributed by atoms with van der Waals surface area (Å²) in [7, 11) is 4.74. The Morgan fingerprint density at radius 2 is 1.68 bits per heavy atom. The van der Waals surface area contributed by atoms with E-state index in [0.717, 1.165) is 23.3 Å². The highest BCUT2D eigenvalue weighted by Gasteiger charge is 2.24. The maximum Gasteiger partial charge on any atom is 0.203 e. The van der Waals surface area contributed by atoms with E-state index >= 15 is 0 Å². The Morgan fingerprint density at radius 3 is 2.32 bits per heavy atom. The van der Waals surface area contributed by atoms with E-state index < -0.39 is 0 Å². The zero-order valence-corrected chi connectivity index (χ0v) is 23.1. The molecule has 2 heterocycles. The van der Waals surface area contributed by atoms with Crippen LogP contribution in [0.2, 0.25) is 0 Å². The number of ether oxygens (including phenoxy) is 3. The van der Waals surface area contributed by atoms with Crippen molar-refractivity contribution in [2.24, 2.45) is 5.92 Å². The second kappa shape index (κ2) is 11.5. The van der Waals surface area contributed by atoms with Gasteiger partial charge in [-0.3, -0.25) is 8.77 Å². The van der Waals surface area contributed by atoms with Gasteiger partial charge in [0, 0.05) is 23.1 Å². The molecule has 0 N–H and O–H groups in total. The zero-order valence-electron chi connectivity index (χ0n) is 22.3. The van der Waals surface area contributed by atoms with Gasteiger partial charge in [0.15, 0.2) is 22.9 Å². The van der Waals surface area contributed by atoms with Crippen LogP contribution in [0.1, 0.15) is 54.4 Å². The van der Waals surface area contributed by atoms with Crippen molar-refractivity contribution >= 4 is 28.9 Å². The predicted molar refractivity (Wildman–Crippen MR) is 151 cm³/mol. The van der Waals surface area contributed by atoms with E-state index in [1.807, 2.05) is 22.3 Å². The van der Waals surface area contributed by atoms with Crippen LogP contribution < -0.4 is 14.2 Å². The summed E-state index contributed by atoms with van der Waals surface area (Å²) in [4.78, 5) is 24.4. The van der Waals surface area contributed by atoms with Gasteiger partial charge in [-0.1, -0.05) is 49.8 Å². The van der Waals surface area contributed by atoms with E-state index in [2.05, 4.69) is 31.2 Å². The van der Waals surface area contributed by atoms with Gasteiger partial charge in [0.05, 0.1) is 38.8 Å². The number of benzene rings is 2. The molecule has 1 saturated carbocycles. The van der Waals surface area contributed by atoms with Crippen LogP contribution in [-0.4, -0.2) is 41.1 Å². The molecule has 5 rings (SSSR count). The number of hydrogen-bond donors (Lipinski definition) is 0. The highest BCUT2D eigenvalue weighted by Crippen LogP contribution is 2.41. The smallest absolute Gasteiger partial charge is 0.203 e. The Kier molecular flexibility index (Phi) is 7.88. The Bertz CT molecular complexity index is 1420.